The molecule has 118 valence electrons. The average molecular weight is 314 g/mol. The molecule has 0 aliphatic heterocycles. The van der Waals surface area contributed by atoms with Crippen LogP contribution in [0, 0.1) is 0 Å². The van der Waals surface area contributed by atoms with Crippen LogP contribution in [0.4, 0.5) is 5.82 Å². The smallest absolute Gasteiger partial charge is 0.337 e. The molecular weight excluding hydrogens is 300 g/mol. The molecule has 0 amide bonds. The van der Waals surface area contributed by atoms with Gasteiger partial charge in [0.1, 0.15) is 12.1 Å². The van der Waals surface area contributed by atoms with Gasteiger partial charge in [0.15, 0.2) is 11.5 Å². The predicted molar refractivity (Wildman–Crippen MR) is 81.6 cm³/mol. The Balaban J connectivity index is 1.96. The molecule has 9 heteroatoms. The number of aliphatic hydroxyl groups excluding tert-OH is 1. The predicted octanol–water partition coefficient (Wildman–Crippen LogP) is 0.703. The third kappa shape index (κ3) is 2.94. The lowest BCUT2D eigenvalue weighted by atomic mass is 10.3. The van der Waals surface area contributed by atoms with Crippen LogP contribution in [0.2, 0.25) is 0 Å². The Kier molecular flexibility index (Phi) is 4.11. The van der Waals surface area contributed by atoms with Gasteiger partial charge in [-0.1, -0.05) is 0 Å². The molecule has 0 aromatic carbocycles. The van der Waals surface area contributed by atoms with E-state index in [1.165, 1.54) is 23.3 Å². The summed E-state index contributed by atoms with van der Waals surface area (Å²) in [7, 11) is 0. The van der Waals surface area contributed by atoms with Gasteiger partial charge in [-0.05, 0) is 18.6 Å². The number of carbonyl (C=O) groups is 1. The number of fused-ring (bicyclic) bond motifs is 1. The fraction of sp³-hybridized carbons (Fsp3) is 0.214. The molecule has 23 heavy (non-hydrogen) atoms. The minimum Gasteiger partial charge on any atom is -0.478 e. The quantitative estimate of drug-likeness (QED) is 0.568. The molecule has 0 aliphatic rings. The zero-order valence-electron chi connectivity index (χ0n) is 12.0. The van der Waals surface area contributed by atoms with Crippen molar-refractivity contribution < 1.29 is 15.0 Å². The van der Waals surface area contributed by atoms with E-state index in [1.54, 1.807) is 12.3 Å². The molecule has 3 rings (SSSR count). The second kappa shape index (κ2) is 6.36. The number of nitrogens with zero attached hydrogens (tertiary/aromatic N) is 5. The van der Waals surface area contributed by atoms with Crippen LogP contribution in [0.1, 0.15) is 16.8 Å². The van der Waals surface area contributed by atoms with E-state index < -0.39 is 5.97 Å². The first-order valence-corrected chi connectivity index (χ1v) is 6.94. The van der Waals surface area contributed by atoms with Crippen molar-refractivity contribution in [3.63, 3.8) is 0 Å². The third-order valence-electron chi connectivity index (χ3n) is 3.20. The molecule has 0 unspecified atom stereocenters. The molecule has 0 saturated heterocycles. The van der Waals surface area contributed by atoms with E-state index >= 15 is 0 Å². The van der Waals surface area contributed by atoms with Gasteiger partial charge >= 0.3 is 5.97 Å². The number of nitrogens with one attached hydrogen (secondary N) is 1. The van der Waals surface area contributed by atoms with Crippen LogP contribution < -0.4 is 5.32 Å². The lowest BCUT2D eigenvalue weighted by Crippen LogP contribution is -2.06. The van der Waals surface area contributed by atoms with Gasteiger partial charge in [-0.15, -0.1) is 0 Å². The van der Waals surface area contributed by atoms with E-state index in [0.29, 0.717) is 30.2 Å². The summed E-state index contributed by atoms with van der Waals surface area (Å²) in [6, 6.07) is 3.02. The number of hydrogen-bond donors (Lipinski definition) is 3. The molecule has 3 aromatic rings. The minimum atomic E-state index is -1.04. The second-order valence-electron chi connectivity index (χ2n) is 4.73. The number of aromatic carboxylic acids is 1. The summed E-state index contributed by atoms with van der Waals surface area (Å²) < 4.78 is 1.51. The zero-order valence-corrected chi connectivity index (χ0v) is 12.0. The fourth-order valence-corrected chi connectivity index (χ4v) is 2.08. The van der Waals surface area contributed by atoms with E-state index in [0.717, 1.165) is 5.39 Å². The average Bonchev–Trinajstić information content (AvgIpc) is 3.00. The molecule has 3 aromatic heterocycles. The van der Waals surface area contributed by atoms with Crippen LogP contribution >= 0.6 is 0 Å². The number of carboxylic acid groups (broad SMARTS) is 1. The standard InChI is InChI=1S/C14H14N6O3/c21-5-1-4-15-12-10-7-19-20(13(10)18-8-17-12)11-3-2-9(6-16-11)14(22)23/h2-3,6-8,21H,1,4-5H2,(H,22,23)(H,15,17,18). The molecular formula is C14H14N6O3. The van der Waals surface area contributed by atoms with E-state index in [4.69, 9.17) is 10.2 Å². The van der Waals surface area contributed by atoms with Gasteiger partial charge in [0, 0.05) is 19.3 Å². The van der Waals surface area contributed by atoms with Crippen molar-refractivity contribution in [1.29, 1.82) is 0 Å². The maximum Gasteiger partial charge on any atom is 0.337 e. The van der Waals surface area contributed by atoms with E-state index in [1.807, 2.05) is 0 Å². The lowest BCUT2D eigenvalue weighted by Gasteiger charge is -2.05. The Hall–Kier alpha value is -3.07. The topological polar surface area (TPSA) is 126 Å². The van der Waals surface area contributed by atoms with Gasteiger partial charge in [-0.2, -0.15) is 9.78 Å². The maximum absolute atomic E-state index is 10.9. The van der Waals surface area contributed by atoms with Gasteiger partial charge in [0.05, 0.1) is 17.1 Å². The molecule has 0 atom stereocenters. The number of anilines is 1. The Morgan fingerprint density at radius 2 is 2.09 bits per heavy atom. The minimum absolute atomic E-state index is 0.0976. The highest BCUT2D eigenvalue weighted by Crippen LogP contribution is 2.20. The van der Waals surface area contributed by atoms with Crippen molar-refractivity contribution in [2.45, 2.75) is 6.42 Å². The molecule has 0 saturated carbocycles. The number of carboxylic acids is 1. The van der Waals surface area contributed by atoms with E-state index in [-0.39, 0.29) is 12.2 Å². The summed E-state index contributed by atoms with van der Waals surface area (Å²) in [5.41, 5.74) is 0.660. The molecule has 0 bridgehead atoms. The van der Waals surface area contributed by atoms with E-state index in [2.05, 4.69) is 25.4 Å². The van der Waals surface area contributed by atoms with E-state index in [9.17, 15) is 4.79 Å². The zero-order chi connectivity index (χ0) is 16.2. The number of pyridine rings is 1. The van der Waals surface area contributed by atoms with Crippen molar-refractivity contribution in [2.24, 2.45) is 0 Å². The number of rotatable bonds is 6. The molecule has 0 radical (unpaired) electrons. The van der Waals surface area contributed by atoms with Crippen molar-refractivity contribution in [2.75, 3.05) is 18.5 Å². The van der Waals surface area contributed by atoms with Crippen LogP contribution in [-0.2, 0) is 0 Å². The second-order valence-corrected chi connectivity index (χ2v) is 4.73. The highest BCUT2D eigenvalue weighted by molar-refractivity contribution is 5.88. The number of aliphatic hydroxyl groups is 1. The monoisotopic (exact) mass is 314 g/mol. The van der Waals surface area contributed by atoms with Crippen LogP contribution in [0.25, 0.3) is 16.9 Å². The number of aromatic nitrogens is 5. The summed E-state index contributed by atoms with van der Waals surface area (Å²) in [6.45, 7) is 0.680. The molecule has 3 heterocycles. The van der Waals surface area contributed by atoms with Gasteiger partial charge in [-0.3, -0.25) is 0 Å². The van der Waals surface area contributed by atoms with Crippen LogP contribution in [0.3, 0.4) is 0 Å². The van der Waals surface area contributed by atoms with Crippen molar-refractivity contribution in [1.82, 2.24) is 24.7 Å². The molecule has 3 N–H and O–H groups in total. The lowest BCUT2D eigenvalue weighted by molar-refractivity contribution is 0.0696. The van der Waals surface area contributed by atoms with Crippen LogP contribution in [0.15, 0.2) is 30.9 Å². The summed E-state index contributed by atoms with van der Waals surface area (Å²) in [6.07, 6.45) is 4.90. The van der Waals surface area contributed by atoms with Gasteiger partial charge in [0.25, 0.3) is 0 Å². The Labute approximate surface area is 130 Å². The summed E-state index contributed by atoms with van der Waals surface area (Å²) in [4.78, 5) is 23.4. The summed E-state index contributed by atoms with van der Waals surface area (Å²) in [5.74, 6) is 0.0499. The van der Waals surface area contributed by atoms with Crippen molar-refractivity contribution >= 4 is 22.8 Å². The Morgan fingerprint density at radius 3 is 2.78 bits per heavy atom. The largest absolute Gasteiger partial charge is 0.478 e. The van der Waals surface area contributed by atoms with Gasteiger partial charge < -0.3 is 15.5 Å². The fourth-order valence-electron chi connectivity index (χ4n) is 2.08. The first kappa shape index (κ1) is 14.9. The summed E-state index contributed by atoms with van der Waals surface area (Å²) in [5, 5.41) is 25.8. The first-order valence-electron chi connectivity index (χ1n) is 6.94. The highest BCUT2D eigenvalue weighted by atomic mass is 16.4. The van der Waals surface area contributed by atoms with Gasteiger partial charge in [0.2, 0.25) is 0 Å². The highest BCUT2D eigenvalue weighted by Gasteiger charge is 2.12. The van der Waals surface area contributed by atoms with Crippen molar-refractivity contribution in [3.8, 4) is 5.82 Å². The van der Waals surface area contributed by atoms with Crippen LogP contribution in [-0.4, -0.2) is 54.1 Å². The van der Waals surface area contributed by atoms with Crippen molar-refractivity contribution in [3.05, 3.63) is 36.4 Å². The first-order chi connectivity index (χ1) is 11.2. The van der Waals surface area contributed by atoms with Gasteiger partial charge in [-0.25, -0.2) is 19.7 Å². The SMILES string of the molecule is O=C(O)c1ccc(-n2ncc3c(NCCCO)ncnc32)nc1. The molecule has 0 fully saturated rings. The Morgan fingerprint density at radius 1 is 1.22 bits per heavy atom. The molecule has 9 nitrogen and oxygen atoms in total. The summed E-state index contributed by atoms with van der Waals surface area (Å²) >= 11 is 0. The molecule has 0 aliphatic carbocycles. The normalized spacial score (nSPS) is 10.8. The Bertz CT molecular complexity index is 830. The maximum atomic E-state index is 10.9. The van der Waals surface area contributed by atoms with Crippen LogP contribution in [0.5, 0.6) is 0 Å². The molecule has 0 spiro atoms. The number of hydrogen-bond acceptors (Lipinski definition) is 7. The third-order valence-corrected chi connectivity index (χ3v) is 3.20.